The Morgan fingerprint density at radius 2 is 1.59 bits per heavy atom. The molecule has 2 aromatic rings. The molecule has 0 radical (unpaired) electrons. The van der Waals surface area contributed by atoms with E-state index < -0.39 is 17.5 Å². The van der Waals surface area contributed by atoms with E-state index in [0.29, 0.717) is 18.2 Å². The van der Waals surface area contributed by atoms with Crippen molar-refractivity contribution >= 4 is 17.4 Å². The molecule has 5 nitrogen and oxygen atoms in total. The molecule has 0 amide bonds. The average molecular weight is 297 g/mol. The molecule has 0 aliphatic rings. The van der Waals surface area contributed by atoms with Crippen molar-refractivity contribution in [2.45, 2.75) is 6.54 Å². The largest absolute Gasteiger partial charge is 0.502 e. The molecular formula is C17H15NO4. The molecule has 0 fully saturated rings. The first-order valence-electron chi connectivity index (χ1n) is 6.62. The summed E-state index contributed by atoms with van der Waals surface area (Å²) in [4.78, 5) is 22.2. The van der Waals surface area contributed by atoms with Gasteiger partial charge in [-0.05, 0) is 29.8 Å². The van der Waals surface area contributed by atoms with Crippen molar-refractivity contribution in [1.29, 1.82) is 0 Å². The topological polar surface area (TPSA) is 86.6 Å². The van der Waals surface area contributed by atoms with Crippen LogP contribution in [0.15, 0.2) is 66.4 Å². The second kappa shape index (κ2) is 7.08. The maximum atomic E-state index is 11.7. The number of aliphatic hydroxyl groups is 1. The van der Waals surface area contributed by atoms with Gasteiger partial charge in [0.05, 0.1) is 0 Å². The molecule has 0 aromatic heterocycles. The van der Waals surface area contributed by atoms with E-state index in [1.807, 2.05) is 30.3 Å². The summed E-state index contributed by atoms with van der Waals surface area (Å²) in [7, 11) is 0. The smallest absolute Gasteiger partial charge is 0.371 e. The van der Waals surface area contributed by atoms with Crippen LogP contribution in [0.1, 0.15) is 15.9 Å². The fourth-order valence-corrected chi connectivity index (χ4v) is 1.82. The van der Waals surface area contributed by atoms with E-state index >= 15 is 0 Å². The lowest BCUT2D eigenvalue weighted by Crippen LogP contribution is -2.04. The van der Waals surface area contributed by atoms with E-state index in [4.69, 9.17) is 10.2 Å². The molecule has 22 heavy (non-hydrogen) atoms. The minimum absolute atomic E-state index is 0.304. The third-order valence-corrected chi connectivity index (χ3v) is 3.00. The molecule has 5 heteroatoms. The van der Waals surface area contributed by atoms with Gasteiger partial charge in [-0.3, -0.25) is 4.79 Å². The van der Waals surface area contributed by atoms with Crippen molar-refractivity contribution in [2.24, 2.45) is 0 Å². The number of carbonyl (C=O) groups is 2. The highest BCUT2D eigenvalue weighted by atomic mass is 16.4. The SMILES string of the molecule is O=C(O)C(O)=CC(=O)c1ccc(NCc2ccccc2)cc1. The fraction of sp³-hybridized carbons (Fsp3) is 0.0588. The summed E-state index contributed by atoms with van der Waals surface area (Å²) >= 11 is 0. The van der Waals surface area contributed by atoms with Crippen molar-refractivity contribution in [3.63, 3.8) is 0 Å². The van der Waals surface area contributed by atoms with Gasteiger partial charge in [-0.1, -0.05) is 30.3 Å². The van der Waals surface area contributed by atoms with Crippen molar-refractivity contribution in [3.8, 4) is 0 Å². The summed E-state index contributed by atoms with van der Waals surface area (Å²) in [5.41, 5.74) is 2.28. The van der Waals surface area contributed by atoms with Crippen molar-refractivity contribution in [2.75, 3.05) is 5.32 Å². The number of hydrogen-bond donors (Lipinski definition) is 3. The van der Waals surface area contributed by atoms with E-state index in [2.05, 4.69) is 5.32 Å². The summed E-state index contributed by atoms with van der Waals surface area (Å²) in [6, 6.07) is 16.5. The van der Waals surface area contributed by atoms with Crippen LogP contribution in [0.25, 0.3) is 0 Å². The van der Waals surface area contributed by atoms with Gasteiger partial charge in [-0.25, -0.2) is 4.79 Å². The van der Waals surface area contributed by atoms with Crippen LogP contribution in [0.2, 0.25) is 0 Å². The number of carbonyl (C=O) groups excluding carboxylic acids is 1. The zero-order valence-corrected chi connectivity index (χ0v) is 11.7. The average Bonchev–Trinajstić information content (AvgIpc) is 2.54. The Balaban J connectivity index is 2.00. The molecule has 0 spiro atoms. The molecule has 2 aromatic carbocycles. The van der Waals surface area contributed by atoms with Gasteiger partial charge in [-0.15, -0.1) is 0 Å². The number of rotatable bonds is 6. The van der Waals surface area contributed by atoms with Gasteiger partial charge in [-0.2, -0.15) is 0 Å². The number of benzene rings is 2. The number of aliphatic hydroxyl groups excluding tert-OH is 1. The van der Waals surface area contributed by atoms with Gasteiger partial charge in [0, 0.05) is 23.9 Å². The predicted octanol–water partition coefficient (Wildman–Crippen LogP) is 3.01. The molecular weight excluding hydrogens is 282 g/mol. The predicted molar refractivity (Wildman–Crippen MR) is 82.9 cm³/mol. The number of carboxylic acids is 1. The highest BCUT2D eigenvalue weighted by molar-refractivity contribution is 6.07. The minimum Gasteiger partial charge on any atom is -0.502 e. The van der Waals surface area contributed by atoms with E-state index in [0.717, 1.165) is 11.3 Å². The molecule has 0 saturated carbocycles. The third kappa shape index (κ3) is 4.21. The Kier molecular flexibility index (Phi) is 4.93. The molecule has 0 aliphatic carbocycles. The molecule has 0 saturated heterocycles. The van der Waals surface area contributed by atoms with E-state index in [1.54, 1.807) is 24.3 Å². The Bertz CT molecular complexity index is 690. The van der Waals surface area contributed by atoms with Crippen LogP contribution < -0.4 is 5.32 Å². The Labute approximate surface area is 127 Å². The number of nitrogens with one attached hydrogen (secondary N) is 1. The molecule has 0 bridgehead atoms. The molecule has 0 heterocycles. The number of hydrogen-bond acceptors (Lipinski definition) is 4. The molecule has 0 unspecified atom stereocenters. The van der Waals surface area contributed by atoms with Crippen molar-refractivity contribution in [3.05, 3.63) is 77.6 Å². The second-order valence-corrected chi connectivity index (χ2v) is 4.62. The summed E-state index contributed by atoms with van der Waals surface area (Å²) in [5.74, 6) is -3.07. The van der Waals surface area contributed by atoms with Crippen LogP contribution in [-0.4, -0.2) is 22.0 Å². The summed E-state index contributed by atoms with van der Waals surface area (Å²) in [6.07, 6.45) is 0.689. The van der Waals surface area contributed by atoms with Gasteiger partial charge >= 0.3 is 5.97 Å². The van der Waals surface area contributed by atoms with E-state index in [1.165, 1.54) is 0 Å². The zero-order chi connectivity index (χ0) is 15.9. The standard InChI is InChI=1S/C17H15NO4/c19-15(10-16(20)17(21)22)13-6-8-14(9-7-13)18-11-12-4-2-1-3-5-12/h1-10,18,20H,11H2,(H,21,22). The van der Waals surface area contributed by atoms with Gasteiger partial charge in [0.1, 0.15) is 0 Å². The van der Waals surface area contributed by atoms with Crippen LogP contribution in [0.5, 0.6) is 0 Å². The first kappa shape index (κ1) is 15.3. The van der Waals surface area contributed by atoms with Gasteiger partial charge in [0.2, 0.25) is 5.76 Å². The highest BCUT2D eigenvalue weighted by Gasteiger charge is 2.09. The number of anilines is 1. The second-order valence-electron chi connectivity index (χ2n) is 4.62. The molecule has 3 N–H and O–H groups in total. The van der Waals surface area contributed by atoms with Crippen LogP contribution in [0.3, 0.4) is 0 Å². The maximum Gasteiger partial charge on any atom is 0.371 e. The molecule has 0 aliphatic heterocycles. The molecule has 0 atom stereocenters. The zero-order valence-electron chi connectivity index (χ0n) is 11.7. The lowest BCUT2D eigenvalue weighted by molar-refractivity contribution is -0.135. The first-order chi connectivity index (χ1) is 10.6. The molecule has 2 rings (SSSR count). The lowest BCUT2D eigenvalue weighted by atomic mass is 10.1. The lowest BCUT2D eigenvalue weighted by Gasteiger charge is -2.07. The number of carboxylic acid groups (broad SMARTS) is 1. The first-order valence-corrected chi connectivity index (χ1v) is 6.62. The van der Waals surface area contributed by atoms with Crippen LogP contribution in [0, 0.1) is 0 Å². The van der Waals surface area contributed by atoms with Crippen molar-refractivity contribution in [1.82, 2.24) is 0 Å². The Morgan fingerprint density at radius 3 is 2.18 bits per heavy atom. The number of allylic oxidation sites excluding steroid dienone is 1. The van der Waals surface area contributed by atoms with Crippen LogP contribution in [-0.2, 0) is 11.3 Å². The van der Waals surface area contributed by atoms with E-state index in [9.17, 15) is 9.59 Å². The van der Waals surface area contributed by atoms with Gasteiger partial charge in [0.15, 0.2) is 5.78 Å². The summed E-state index contributed by atoms with van der Waals surface area (Å²) in [6.45, 7) is 0.661. The minimum atomic E-state index is -1.53. The van der Waals surface area contributed by atoms with Crippen LogP contribution >= 0.6 is 0 Å². The normalized spacial score (nSPS) is 11.0. The Morgan fingerprint density at radius 1 is 0.955 bits per heavy atom. The summed E-state index contributed by atoms with van der Waals surface area (Å²) < 4.78 is 0. The van der Waals surface area contributed by atoms with Gasteiger partial charge in [0.25, 0.3) is 0 Å². The summed E-state index contributed by atoms with van der Waals surface area (Å²) in [5, 5.41) is 20.8. The molecule has 112 valence electrons. The van der Waals surface area contributed by atoms with E-state index in [-0.39, 0.29) is 0 Å². The maximum absolute atomic E-state index is 11.7. The number of ketones is 1. The number of aliphatic carboxylic acids is 1. The van der Waals surface area contributed by atoms with Crippen LogP contribution in [0.4, 0.5) is 5.69 Å². The van der Waals surface area contributed by atoms with Crippen molar-refractivity contribution < 1.29 is 19.8 Å². The quantitative estimate of drug-likeness (QED) is 0.433. The Hall–Kier alpha value is -3.08. The highest BCUT2D eigenvalue weighted by Crippen LogP contribution is 2.12. The third-order valence-electron chi connectivity index (χ3n) is 3.00. The van der Waals surface area contributed by atoms with Gasteiger partial charge < -0.3 is 15.5 Å². The monoisotopic (exact) mass is 297 g/mol. The fourth-order valence-electron chi connectivity index (χ4n) is 1.82.